The van der Waals surface area contributed by atoms with Crippen LogP contribution in [0.25, 0.3) is 0 Å². The van der Waals surface area contributed by atoms with Crippen LogP contribution >= 0.6 is 11.6 Å². The molecule has 180 valence electrons. The Hall–Kier alpha value is -3.23. The molecule has 0 spiro atoms. The number of sulfonamides is 1. The number of ether oxygens (including phenoxy) is 2. The molecule has 0 aliphatic heterocycles. The summed E-state index contributed by atoms with van der Waals surface area (Å²) >= 11 is 5.92. The molecule has 0 heterocycles. The van der Waals surface area contributed by atoms with Gasteiger partial charge in [0.2, 0.25) is 10.0 Å². The van der Waals surface area contributed by atoms with Gasteiger partial charge >= 0.3 is 0 Å². The SMILES string of the molecule is COc1ccc(CCNC(=O)c2ccc(N(Cc3ccc(Cl)cc3)S(C)(=O)=O)cc2)cc1OC. The molecule has 0 saturated carbocycles. The smallest absolute Gasteiger partial charge is 0.251 e. The quantitative estimate of drug-likeness (QED) is 0.447. The van der Waals surface area contributed by atoms with Crippen molar-refractivity contribution in [1.29, 1.82) is 0 Å². The molecule has 0 unspecified atom stereocenters. The highest BCUT2D eigenvalue weighted by molar-refractivity contribution is 7.92. The summed E-state index contributed by atoms with van der Waals surface area (Å²) in [4.78, 5) is 12.6. The van der Waals surface area contributed by atoms with E-state index in [-0.39, 0.29) is 12.5 Å². The molecule has 7 nitrogen and oxygen atoms in total. The standard InChI is InChI=1S/C25H27ClN2O5S/c1-32-23-13-6-18(16-24(23)33-2)14-15-27-25(29)20-7-11-22(12-8-20)28(34(3,30)31)17-19-4-9-21(26)10-5-19/h4-13,16H,14-15,17H2,1-3H3,(H,27,29). The molecule has 3 aromatic carbocycles. The predicted octanol–water partition coefficient (Wildman–Crippen LogP) is 4.30. The Labute approximate surface area is 205 Å². The lowest BCUT2D eigenvalue weighted by Gasteiger charge is -2.23. The zero-order valence-electron chi connectivity index (χ0n) is 19.2. The van der Waals surface area contributed by atoms with E-state index in [0.717, 1.165) is 17.4 Å². The van der Waals surface area contributed by atoms with E-state index in [0.29, 0.717) is 40.7 Å². The maximum Gasteiger partial charge on any atom is 0.251 e. The summed E-state index contributed by atoms with van der Waals surface area (Å²) in [6.07, 6.45) is 1.77. The second kappa shape index (κ2) is 11.3. The predicted molar refractivity (Wildman–Crippen MR) is 135 cm³/mol. The van der Waals surface area contributed by atoms with Crippen LogP contribution in [0.5, 0.6) is 11.5 Å². The molecule has 0 radical (unpaired) electrons. The van der Waals surface area contributed by atoms with Gasteiger partial charge in [0.1, 0.15) is 0 Å². The van der Waals surface area contributed by atoms with E-state index in [1.165, 1.54) is 4.31 Å². The molecule has 0 saturated heterocycles. The third-order valence-electron chi connectivity index (χ3n) is 5.20. The van der Waals surface area contributed by atoms with Gasteiger partial charge in [-0.25, -0.2) is 8.42 Å². The van der Waals surface area contributed by atoms with Gasteiger partial charge in [-0.2, -0.15) is 0 Å². The van der Waals surface area contributed by atoms with Gasteiger partial charge in [-0.05, 0) is 66.1 Å². The molecule has 1 N–H and O–H groups in total. The van der Waals surface area contributed by atoms with Gasteiger partial charge in [-0.15, -0.1) is 0 Å². The van der Waals surface area contributed by atoms with E-state index in [1.807, 2.05) is 18.2 Å². The minimum Gasteiger partial charge on any atom is -0.493 e. The fourth-order valence-corrected chi connectivity index (χ4v) is 4.41. The summed E-state index contributed by atoms with van der Waals surface area (Å²) in [5.41, 5.74) is 2.71. The molecule has 0 atom stereocenters. The Balaban J connectivity index is 1.64. The molecular formula is C25H27ClN2O5S. The highest BCUT2D eigenvalue weighted by atomic mass is 35.5. The minimum atomic E-state index is -3.53. The molecular weight excluding hydrogens is 476 g/mol. The molecule has 9 heteroatoms. The number of nitrogens with one attached hydrogen (secondary N) is 1. The Bertz CT molecular complexity index is 1230. The second-order valence-corrected chi connectivity index (χ2v) is 9.98. The third kappa shape index (κ3) is 6.65. The maximum absolute atomic E-state index is 12.6. The van der Waals surface area contributed by atoms with Gasteiger partial charge in [0.15, 0.2) is 11.5 Å². The first kappa shape index (κ1) is 25.4. The van der Waals surface area contributed by atoms with Crippen LogP contribution in [0.1, 0.15) is 21.5 Å². The van der Waals surface area contributed by atoms with Crippen molar-refractivity contribution in [3.8, 4) is 11.5 Å². The van der Waals surface area contributed by atoms with Gasteiger partial charge in [0.05, 0.1) is 32.7 Å². The number of benzene rings is 3. The van der Waals surface area contributed by atoms with Crippen molar-refractivity contribution in [2.75, 3.05) is 31.3 Å². The number of anilines is 1. The molecule has 0 aromatic heterocycles. The van der Waals surface area contributed by atoms with Crippen molar-refractivity contribution in [3.05, 3.63) is 88.4 Å². The first-order chi connectivity index (χ1) is 16.2. The van der Waals surface area contributed by atoms with E-state index < -0.39 is 10.0 Å². The fourth-order valence-electron chi connectivity index (χ4n) is 3.39. The summed E-state index contributed by atoms with van der Waals surface area (Å²) in [5, 5.41) is 3.46. The van der Waals surface area contributed by atoms with Crippen LogP contribution in [0.2, 0.25) is 5.02 Å². The van der Waals surface area contributed by atoms with Gasteiger partial charge in [0, 0.05) is 17.1 Å². The third-order valence-corrected chi connectivity index (χ3v) is 6.60. The van der Waals surface area contributed by atoms with Crippen molar-refractivity contribution in [2.45, 2.75) is 13.0 Å². The Kier molecular flexibility index (Phi) is 8.41. The summed E-state index contributed by atoms with van der Waals surface area (Å²) in [7, 11) is -0.378. The highest BCUT2D eigenvalue weighted by Gasteiger charge is 2.18. The van der Waals surface area contributed by atoms with Gasteiger partial charge in [0.25, 0.3) is 5.91 Å². The minimum absolute atomic E-state index is 0.160. The largest absolute Gasteiger partial charge is 0.493 e. The average Bonchev–Trinajstić information content (AvgIpc) is 2.83. The van der Waals surface area contributed by atoms with E-state index in [4.69, 9.17) is 21.1 Å². The van der Waals surface area contributed by atoms with Crippen LogP contribution in [-0.2, 0) is 23.0 Å². The van der Waals surface area contributed by atoms with Crippen molar-refractivity contribution < 1.29 is 22.7 Å². The zero-order valence-corrected chi connectivity index (χ0v) is 20.8. The molecule has 3 aromatic rings. The van der Waals surface area contributed by atoms with Gasteiger partial charge in [-0.3, -0.25) is 9.10 Å². The van der Waals surface area contributed by atoms with Crippen LogP contribution < -0.4 is 19.1 Å². The number of rotatable bonds is 10. The number of carbonyl (C=O) groups excluding carboxylic acids is 1. The summed E-state index contributed by atoms with van der Waals surface area (Å²) in [5.74, 6) is 1.04. The number of halogens is 1. The lowest BCUT2D eigenvalue weighted by molar-refractivity contribution is 0.0954. The number of hydrogen-bond acceptors (Lipinski definition) is 5. The van der Waals surface area contributed by atoms with E-state index in [1.54, 1.807) is 62.8 Å². The van der Waals surface area contributed by atoms with Crippen LogP contribution in [0.3, 0.4) is 0 Å². The van der Waals surface area contributed by atoms with Crippen LogP contribution in [-0.4, -0.2) is 41.3 Å². The molecule has 0 aliphatic rings. The van der Waals surface area contributed by atoms with Gasteiger partial charge < -0.3 is 14.8 Å². The highest BCUT2D eigenvalue weighted by Crippen LogP contribution is 2.27. The summed E-state index contributed by atoms with van der Waals surface area (Å²) in [6.45, 7) is 0.592. The van der Waals surface area contributed by atoms with Crippen LogP contribution in [0.4, 0.5) is 5.69 Å². The lowest BCUT2D eigenvalue weighted by Crippen LogP contribution is -2.29. The second-order valence-electron chi connectivity index (χ2n) is 7.64. The molecule has 3 rings (SSSR count). The van der Waals surface area contributed by atoms with Crippen molar-refractivity contribution >= 4 is 33.2 Å². The number of amides is 1. The average molecular weight is 503 g/mol. The lowest BCUT2D eigenvalue weighted by atomic mass is 10.1. The Morgan fingerprint density at radius 1 is 0.912 bits per heavy atom. The topological polar surface area (TPSA) is 84.9 Å². The van der Waals surface area contributed by atoms with Crippen LogP contribution in [0.15, 0.2) is 66.7 Å². The fraction of sp³-hybridized carbons (Fsp3) is 0.240. The molecule has 34 heavy (non-hydrogen) atoms. The molecule has 1 amide bonds. The zero-order chi connectivity index (χ0) is 24.7. The normalized spacial score (nSPS) is 11.1. The number of methoxy groups -OCH3 is 2. The number of nitrogens with zero attached hydrogens (tertiary/aromatic N) is 1. The van der Waals surface area contributed by atoms with Crippen molar-refractivity contribution in [3.63, 3.8) is 0 Å². The van der Waals surface area contributed by atoms with Crippen LogP contribution in [0, 0.1) is 0 Å². The first-order valence-electron chi connectivity index (χ1n) is 10.5. The monoisotopic (exact) mass is 502 g/mol. The molecule has 0 aliphatic carbocycles. The van der Waals surface area contributed by atoms with E-state index in [2.05, 4.69) is 5.32 Å². The number of hydrogen-bond donors (Lipinski definition) is 1. The maximum atomic E-state index is 12.6. The van der Waals surface area contributed by atoms with Crippen molar-refractivity contribution in [2.24, 2.45) is 0 Å². The van der Waals surface area contributed by atoms with Gasteiger partial charge in [-0.1, -0.05) is 29.8 Å². The summed E-state index contributed by atoms with van der Waals surface area (Å²) in [6, 6.07) is 19.1. The van der Waals surface area contributed by atoms with E-state index in [9.17, 15) is 13.2 Å². The number of carbonyl (C=O) groups is 1. The Morgan fingerprint density at radius 2 is 1.53 bits per heavy atom. The Morgan fingerprint density at radius 3 is 2.12 bits per heavy atom. The summed E-state index contributed by atoms with van der Waals surface area (Å²) < 4.78 is 36.6. The van der Waals surface area contributed by atoms with Crippen molar-refractivity contribution in [1.82, 2.24) is 5.32 Å². The molecule has 0 bridgehead atoms. The molecule has 0 fully saturated rings. The van der Waals surface area contributed by atoms with E-state index >= 15 is 0 Å². The first-order valence-corrected chi connectivity index (χ1v) is 12.7.